The molecule has 0 saturated carbocycles. The predicted octanol–water partition coefficient (Wildman–Crippen LogP) is 2.03. The van der Waals surface area contributed by atoms with Crippen molar-refractivity contribution in [2.24, 2.45) is 5.92 Å². The first-order chi connectivity index (χ1) is 12.6. The van der Waals surface area contributed by atoms with Crippen LogP contribution in [-0.2, 0) is 11.3 Å². The van der Waals surface area contributed by atoms with Crippen molar-refractivity contribution in [3.8, 4) is 11.5 Å². The van der Waals surface area contributed by atoms with Crippen LogP contribution in [0.3, 0.4) is 0 Å². The highest BCUT2D eigenvalue weighted by atomic mass is 16.5. The standard InChI is InChI=1S/C20H33N3O3/c1-4-22-20(24)15-26-18-8-7-17(12-19(18)25-3)13-21-9-11-23-10-5-6-16(2)14-23/h7-8,12,16,21H,4-6,9-11,13-15H2,1-3H3,(H,22,24). The Bertz CT molecular complexity index is 565. The van der Waals surface area contributed by atoms with Gasteiger partial charge in [0.1, 0.15) is 0 Å². The second-order valence-electron chi connectivity index (χ2n) is 6.95. The van der Waals surface area contributed by atoms with Gasteiger partial charge < -0.3 is 25.0 Å². The number of hydrogen-bond acceptors (Lipinski definition) is 5. The van der Waals surface area contributed by atoms with Gasteiger partial charge in [-0.05, 0) is 49.9 Å². The van der Waals surface area contributed by atoms with Gasteiger partial charge in [-0.3, -0.25) is 4.79 Å². The summed E-state index contributed by atoms with van der Waals surface area (Å²) in [5.74, 6) is 1.93. The summed E-state index contributed by atoms with van der Waals surface area (Å²) in [6.45, 7) is 10.1. The highest BCUT2D eigenvalue weighted by Crippen LogP contribution is 2.28. The van der Waals surface area contributed by atoms with Crippen molar-refractivity contribution in [1.82, 2.24) is 15.5 Å². The number of hydrogen-bond donors (Lipinski definition) is 2. The lowest BCUT2D eigenvalue weighted by Crippen LogP contribution is -2.38. The van der Waals surface area contributed by atoms with Gasteiger partial charge in [-0.25, -0.2) is 0 Å². The van der Waals surface area contributed by atoms with Crippen LogP contribution < -0.4 is 20.1 Å². The fourth-order valence-electron chi connectivity index (χ4n) is 3.29. The number of methoxy groups -OCH3 is 1. The van der Waals surface area contributed by atoms with E-state index in [1.807, 2.05) is 25.1 Å². The van der Waals surface area contributed by atoms with Gasteiger partial charge in [-0.2, -0.15) is 0 Å². The van der Waals surface area contributed by atoms with Crippen molar-refractivity contribution in [2.75, 3.05) is 46.4 Å². The van der Waals surface area contributed by atoms with Crippen molar-refractivity contribution < 1.29 is 14.3 Å². The molecule has 1 fully saturated rings. The zero-order chi connectivity index (χ0) is 18.8. The fraction of sp³-hybridized carbons (Fsp3) is 0.650. The van der Waals surface area contributed by atoms with Crippen molar-refractivity contribution in [3.05, 3.63) is 23.8 Å². The molecule has 1 unspecified atom stereocenters. The van der Waals surface area contributed by atoms with E-state index in [0.29, 0.717) is 18.0 Å². The largest absolute Gasteiger partial charge is 0.493 e. The number of nitrogens with one attached hydrogen (secondary N) is 2. The van der Waals surface area contributed by atoms with Gasteiger partial charge in [0.2, 0.25) is 0 Å². The Kier molecular flexibility index (Phi) is 8.71. The summed E-state index contributed by atoms with van der Waals surface area (Å²) < 4.78 is 10.9. The molecule has 1 aromatic rings. The second-order valence-corrected chi connectivity index (χ2v) is 6.95. The molecule has 2 N–H and O–H groups in total. The predicted molar refractivity (Wildman–Crippen MR) is 104 cm³/mol. The lowest BCUT2D eigenvalue weighted by atomic mass is 10.0. The normalized spacial score (nSPS) is 17.7. The molecule has 0 spiro atoms. The molecule has 0 radical (unpaired) electrons. The van der Waals surface area contributed by atoms with E-state index >= 15 is 0 Å². The first-order valence-electron chi connectivity index (χ1n) is 9.61. The van der Waals surface area contributed by atoms with Crippen LogP contribution in [0.25, 0.3) is 0 Å². The summed E-state index contributed by atoms with van der Waals surface area (Å²) in [5.41, 5.74) is 1.14. The Morgan fingerprint density at radius 1 is 1.35 bits per heavy atom. The van der Waals surface area contributed by atoms with Crippen LogP contribution in [-0.4, -0.2) is 57.2 Å². The van der Waals surface area contributed by atoms with E-state index in [0.717, 1.165) is 31.1 Å². The minimum Gasteiger partial charge on any atom is -0.493 e. The third kappa shape index (κ3) is 6.84. The molecule has 1 amide bonds. The molecule has 146 valence electrons. The van der Waals surface area contributed by atoms with Gasteiger partial charge in [-0.1, -0.05) is 13.0 Å². The third-order valence-corrected chi connectivity index (χ3v) is 4.64. The van der Waals surface area contributed by atoms with Gasteiger partial charge in [0.05, 0.1) is 7.11 Å². The van der Waals surface area contributed by atoms with E-state index in [2.05, 4.69) is 22.5 Å². The Hall–Kier alpha value is -1.79. The van der Waals surface area contributed by atoms with Gasteiger partial charge in [-0.15, -0.1) is 0 Å². The number of nitrogens with zero attached hydrogens (tertiary/aromatic N) is 1. The summed E-state index contributed by atoms with van der Waals surface area (Å²) >= 11 is 0. The average Bonchev–Trinajstić information content (AvgIpc) is 2.64. The number of carbonyl (C=O) groups is 1. The summed E-state index contributed by atoms with van der Waals surface area (Å²) in [5, 5.41) is 6.21. The van der Waals surface area contributed by atoms with Gasteiger partial charge in [0.15, 0.2) is 18.1 Å². The molecule has 6 nitrogen and oxygen atoms in total. The molecule has 1 aromatic carbocycles. The highest BCUT2D eigenvalue weighted by molar-refractivity contribution is 5.77. The molecule has 26 heavy (non-hydrogen) atoms. The molecule has 2 rings (SSSR count). The lowest BCUT2D eigenvalue weighted by molar-refractivity contribution is -0.123. The Balaban J connectivity index is 1.76. The molecule has 6 heteroatoms. The number of likely N-dealkylation sites (tertiary alicyclic amines) is 1. The summed E-state index contributed by atoms with van der Waals surface area (Å²) in [6.07, 6.45) is 2.67. The molecule has 0 aliphatic carbocycles. The molecule has 1 aliphatic rings. The molecule has 0 aromatic heterocycles. The number of benzene rings is 1. The van der Waals surface area contributed by atoms with E-state index in [-0.39, 0.29) is 12.5 Å². The van der Waals surface area contributed by atoms with Crippen molar-refractivity contribution in [3.63, 3.8) is 0 Å². The van der Waals surface area contributed by atoms with Crippen LogP contribution in [0, 0.1) is 5.92 Å². The zero-order valence-corrected chi connectivity index (χ0v) is 16.3. The second kappa shape index (κ2) is 11.0. The van der Waals surface area contributed by atoms with Crippen molar-refractivity contribution in [2.45, 2.75) is 33.2 Å². The van der Waals surface area contributed by atoms with E-state index in [4.69, 9.17) is 9.47 Å². The lowest BCUT2D eigenvalue weighted by Gasteiger charge is -2.30. The monoisotopic (exact) mass is 363 g/mol. The maximum atomic E-state index is 11.5. The summed E-state index contributed by atoms with van der Waals surface area (Å²) in [7, 11) is 1.61. The molecule has 1 atom stereocenters. The number of amides is 1. The quantitative estimate of drug-likeness (QED) is 0.623. The van der Waals surface area contributed by atoms with Crippen LogP contribution in [0.5, 0.6) is 11.5 Å². The Morgan fingerprint density at radius 3 is 2.92 bits per heavy atom. The first kappa shape index (κ1) is 20.5. The fourth-order valence-corrected chi connectivity index (χ4v) is 3.29. The summed E-state index contributed by atoms with van der Waals surface area (Å²) in [6, 6.07) is 5.83. The van der Waals surface area contributed by atoms with Crippen LogP contribution >= 0.6 is 0 Å². The summed E-state index contributed by atoms with van der Waals surface area (Å²) in [4.78, 5) is 14.1. The van der Waals surface area contributed by atoms with Gasteiger partial charge in [0.25, 0.3) is 5.91 Å². The number of piperidine rings is 1. The maximum absolute atomic E-state index is 11.5. The molecule has 1 aliphatic heterocycles. The van der Waals surface area contributed by atoms with Crippen LogP contribution in [0.2, 0.25) is 0 Å². The SMILES string of the molecule is CCNC(=O)COc1ccc(CNCCN2CCCC(C)C2)cc1OC. The van der Waals surface area contributed by atoms with Gasteiger partial charge in [0, 0.05) is 32.7 Å². The number of ether oxygens (including phenoxy) is 2. The molecular formula is C20H33N3O3. The van der Waals surface area contributed by atoms with Crippen molar-refractivity contribution in [1.29, 1.82) is 0 Å². The minimum atomic E-state index is -0.132. The van der Waals surface area contributed by atoms with Gasteiger partial charge >= 0.3 is 0 Å². The highest BCUT2D eigenvalue weighted by Gasteiger charge is 2.15. The molecule has 1 heterocycles. The zero-order valence-electron chi connectivity index (χ0n) is 16.3. The maximum Gasteiger partial charge on any atom is 0.257 e. The topological polar surface area (TPSA) is 62.8 Å². The van der Waals surface area contributed by atoms with E-state index in [9.17, 15) is 4.79 Å². The van der Waals surface area contributed by atoms with Crippen LogP contribution in [0.1, 0.15) is 32.3 Å². The first-order valence-corrected chi connectivity index (χ1v) is 9.61. The van der Waals surface area contributed by atoms with Crippen LogP contribution in [0.15, 0.2) is 18.2 Å². The number of carbonyl (C=O) groups excluding carboxylic acids is 1. The molecule has 0 bridgehead atoms. The van der Waals surface area contributed by atoms with E-state index in [1.54, 1.807) is 7.11 Å². The smallest absolute Gasteiger partial charge is 0.257 e. The number of rotatable bonds is 10. The minimum absolute atomic E-state index is 0.00391. The van der Waals surface area contributed by atoms with Crippen molar-refractivity contribution >= 4 is 5.91 Å². The Labute approximate surface area is 157 Å². The van der Waals surface area contributed by atoms with E-state index < -0.39 is 0 Å². The number of likely N-dealkylation sites (N-methyl/N-ethyl adjacent to an activating group) is 1. The molecular weight excluding hydrogens is 330 g/mol. The molecule has 1 saturated heterocycles. The Morgan fingerprint density at radius 2 is 2.19 bits per heavy atom. The van der Waals surface area contributed by atoms with Crippen LogP contribution in [0.4, 0.5) is 0 Å². The third-order valence-electron chi connectivity index (χ3n) is 4.64. The average molecular weight is 364 g/mol. The van der Waals surface area contributed by atoms with E-state index in [1.165, 1.54) is 25.9 Å².